The summed E-state index contributed by atoms with van der Waals surface area (Å²) < 4.78 is 44.2. The molecule has 2 aliphatic carbocycles. The lowest BCUT2D eigenvalue weighted by Gasteiger charge is -2.35. The molecule has 0 spiro atoms. The van der Waals surface area contributed by atoms with Gasteiger partial charge in [0.25, 0.3) is 0 Å². The van der Waals surface area contributed by atoms with Gasteiger partial charge >= 0.3 is 0 Å². The maximum absolute atomic E-state index is 14.5. The van der Waals surface area contributed by atoms with Crippen molar-refractivity contribution in [2.45, 2.75) is 76.5 Å². The Hall–Kier alpha value is -3.41. The van der Waals surface area contributed by atoms with Crippen molar-refractivity contribution in [3.63, 3.8) is 0 Å². The number of nitrogens with two attached hydrogens (primary N) is 1. The van der Waals surface area contributed by atoms with Gasteiger partial charge in [0.1, 0.15) is 17.0 Å². The van der Waals surface area contributed by atoms with Gasteiger partial charge in [0.2, 0.25) is 17.8 Å². The molecule has 0 radical (unpaired) electrons. The van der Waals surface area contributed by atoms with Crippen molar-refractivity contribution >= 4 is 34.7 Å². The molecular formula is C25H30F3N7O2. The molecule has 198 valence electrons. The van der Waals surface area contributed by atoms with Crippen LogP contribution >= 0.6 is 0 Å². The smallest absolute Gasteiger partial charge is 0.224 e. The largest absolute Gasteiger partial charge is 0.393 e. The van der Waals surface area contributed by atoms with E-state index in [0.717, 1.165) is 19.3 Å². The number of aliphatic hydroxyl groups excluding tert-OH is 1. The first-order valence-corrected chi connectivity index (χ1v) is 12.5. The van der Waals surface area contributed by atoms with Gasteiger partial charge in [-0.15, -0.1) is 0 Å². The van der Waals surface area contributed by atoms with Gasteiger partial charge in [0.15, 0.2) is 17.3 Å². The van der Waals surface area contributed by atoms with E-state index >= 15 is 0 Å². The number of nitrogens with one attached hydrogen (secondary N) is 2. The molecule has 2 heterocycles. The highest BCUT2D eigenvalue weighted by Crippen LogP contribution is 2.43. The maximum atomic E-state index is 14.5. The minimum atomic E-state index is -1.09. The first kappa shape index (κ1) is 25.2. The zero-order chi connectivity index (χ0) is 26.3. The number of hydrogen-bond donors (Lipinski definition) is 4. The standard InChI is InChI=1S/C25H30F3N7O2/c1-25(22(29)37)7-5-15(6-8-25)35-21-19(12-30-23(34-21)31-14-3-2-4-16(36)11-14)32-24(35)33-20-17(27)9-13(26)10-18(20)28/h9-10,12,14-16,36H,2-8,11H2,1H3,(H2,29,37)(H,32,33)(H,30,31,34)/t14-,15?,16+,25?/m1/s1. The van der Waals surface area contributed by atoms with E-state index in [1.165, 1.54) is 6.20 Å². The topological polar surface area (TPSA) is 131 Å². The second-order valence-electron chi connectivity index (χ2n) is 10.4. The van der Waals surface area contributed by atoms with Gasteiger partial charge in [0, 0.05) is 29.6 Å². The van der Waals surface area contributed by atoms with Gasteiger partial charge in [-0.25, -0.2) is 23.1 Å². The quantitative estimate of drug-likeness (QED) is 0.383. The predicted octanol–water partition coefficient (Wildman–Crippen LogP) is 4.31. The number of imidazole rings is 1. The number of nitrogens with zero attached hydrogens (tertiary/aromatic N) is 4. The first-order chi connectivity index (χ1) is 17.6. The van der Waals surface area contributed by atoms with Crippen molar-refractivity contribution in [3.8, 4) is 0 Å². The van der Waals surface area contributed by atoms with Crippen LogP contribution in [0, 0.1) is 22.9 Å². The van der Waals surface area contributed by atoms with Crippen LogP contribution in [0.5, 0.6) is 0 Å². The first-order valence-electron chi connectivity index (χ1n) is 12.5. The number of aliphatic hydroxyl groups is 1. The summed E-state index contributed by atoms with van der Waals surface area (Å²) in [6.07, 6.45) is 6.46. The Balaban J connectivity index is 1.52. The van der Waals surface area contributed by atoms with Crippen LogP contribution in [-0.2, 0) is 4.79 Å². The molecule has 9 nitrogen and oxygen atoms in total. The third kappa shape index (κ3) is 5.07. The van der Waals surface area contributed by atoms with E-state index in [1.807, 2.05) is 6.92 Å². The third-order valence-corrected chi connectivity index (χ3v) is 7.67. The zero-order valence-electron chi connectivity index (χ0n) is 20.5. The number of rotatable bonds is 6. The number of aromatic nitrogens is 4. The van der Waals surface area contributed by atoms with Gasteiger partial charge in [0.05, 0.1) is 12.3 Å². The molecule has 5 N–H and O–H groups in total. The molecule has 0 bridgehead atoms. The Morgan fingerprint density at radius 1 is 1.14 bits per heavy atom. The molecule has 12 heteroatoms. The molecule has 5 rings (SSSR count). The molecule has 2 aliphatic rings. The van der Waals surface area contributed by atoms with Crippen molar-refractivity contribution < 1.29 is 23.1 Å². The van der Waals surface area contributed by atoms with Crippen LogP contribution in [0.2, 0.25) is 0 Å². The fourth-order valence-electron chi connectivity index (χ4n) is 5.39. The summed E-state index contributed by atoms with van der Waals surface area (Å²) in [5, 5.41) is 16.0. The minimum Gasteiger partial charge on any atom is -0.393 e. The molecule has 2 aromatic heterocycles. The Labute approximate surface area is 211 Å². The van der Waals surface area contributed by atoms with Gasteiger partial charge in [-0.3, -0.25) is 9.36 Å². The lowest BCUT2D eigenvalue weighted by Crippen LogP contribution is -2.38. The molecule has 2 atom stereocenters. The van der Waals surface area contributed by atoms with E-state index in [2.05, 4.69) is 25.6 Å². The highest BCUT2D eigenvalue weighted by atomic mass is 19.1. The molecular weight excluding hydrogens is 487 g/mol. The van der Waals surface area contributed by atoms with E-state index in [-0.39, 0.29) is 30.0 Å². The monoisotopic (exact) mass is 517 g/mol. The lowest BCUT2D eigenvalue weighted by atomic mass is 9.73. The molecule has 1 aromatic carbocycles. The van der Waals surface area contributed by atoms with Crippen LogP contribution in [0.1, 0.15) is 64.3 Å². The number of anilines is 3. The Bertz CT molecular complexity index is 1300. The molecule has 0 unspecified atom stereocenters. The number of hydrogen-bond acceptors (Lipinski definition) is 7. The van der Waals surface area contributed by atoms with Crippen molar-refractivity contribution in [1.29, 1.82) is 0 Å². The predicted molar refractivity (Wildman–Crippen MR) is 132 cm³/mol. The summed E-state index contributed by atoms with van der Waals surface area (Å²) in [6.45, 7) is 1.84. The average molecular weight is 518 g/mol. The maximum Gasteiger partial charge on any atom is 0.224 e. The molecule has 0 aliphatic heterocycles. The summed E-state index contributed by atoms with van der Waals surface area (Å²) in [4.78, 5) is 25.5. The molecule has 3 aromatic rings. The van der Waals surface area contributed by atoms with Gasteiger partial charge in [-0.1, -0.05) is 6.92 Å². The average Bonchev–Trinajstić information content (AvgIpc) is 3.19. The van der Waals surface area contributed by atoms with Gasteiger partial charge in [-0.05, 0) is 51.4 Å². The molecule has 0 saturated heterocycles. The SMILES string of the molecule is CC1(C(N)=O)CCC(n2c(Nc3c(F)cc(F)cc3F)nc3cnc(N[C@@H]4CCC[C@H](O)C4)nc32)CC1. The molecule has 1 amide bonds. The Kier molecular flexibility index (Phi) is 6.69. The van der Waals surface area contributed by atoms with Crippen LogP contribution in [0.3, 0.4) is 0 Å². The highest BCUT2D eigenvalue weighted by molar-refractivity contribution is 5.80. The molecule has 2 fully saturated rings. The summed E-state index contributed by atoms with van der Waals surface area (Å²) in [7, 11) is 0. The summed E-state index contributed by atoms with van der Waals surface area (Å²) in [6, 6.07) is 1.02. The van der Waals surface area contributed by atoms with E-state index in [4.69, 9.17) is 5.73 Å². The Morgan fingerprint density at radius 2 is 1.84 bits per heavy atom. The molecule has 2 saturated carbocycles. The molecule has 37 heavy (non-hydrogen) atoms. The lowest BCUT2D eigenvalue weighted by molar-refractivity contribution is -0.128. The number of carbonyl (C=O) groups is 1. The highest BCUT2D eigenvalue weighted by Gasteiger charge is 2.38. The van der Waals surface area contributed by atoms with Crippen molar-refractivity contribution in [1.82, 2.24) is 19.5 Å². The number of halogens is 3. The van der Waals surface area contributed by atoms with Crippen LogP contribution in [0.25, 0.3) is 11.2 Å². The fraction of sp³-hybridized carbons (Fsp3) is 0.520. The normalized spacial score (nSPS) is 26.2. The van der Waals surface area contributed by atoms with Crippen molar-refractivity contribution in [2.75, 3.05) is 10.6 Å². The van der Waals surface area contributed by atoms with Crippen LogP contribution in [0.15, 0.2) is 18.3 Å². The Morgan fingerprint density at radius 3 is 2.49 bits per heavy atom. The number of carbonyl (C=O) groups excluding carboxylic acids is 1. The van der Waals surface area contributed by atoms with Gasteiger partial charge < -0.3 is 21.5 Å². The fourth-order valence-corrected chi connectivity index (χ4v) is 5.39. The van der Waals surface area contributed by atoms with Crippen LogP contribution in [-0.4, -0.2) is 42.7 Å². The number of amides is 1. The van der Waals surface area contributed by atoms with Crippen molar-refractivity contribution in [3.05, 3.63) is 35.8 Å². The van der Waals surface area contributed by atoms with E-state index < -0.39 is 28.6 Å². The summed E-state index contributed by atoms with van der Waals surface area (Å²) in [5.74, 6) is -3.08. The van der Waals surface area contributed by atoms with E-state index in [0.29, 0.717) is 61.3 Å². The summed E-state index contributed by atoms with van der Waals surface area (Å²) in [5.41, 5.74) is 5.31. The number of benzene rings is 1. The second kappa shape index (κ2) is 9.81. The minimum absolute atomic E-state index is 0.0172. The van der Waals surface area contributed by atoms with Crippen LogP contribution < -0.4 is 16.4 Å². The number of primary amides is 1. The van der Waals surface area contributed by atoms with Crippen LogP contribution in [0.4, 0.5) is 30.8 Å². The van der Waals surface area contributed by atoms with Gasteiger partial charge in [-0.2, -0.15) is 4.98 Å². The second-order valence-corrected chi connectivity index (χ2v) is 10.4. The van der Waals surface area contributed by atoms with E-state index in [9.17, 15) is 23.1 Å². The third-order valence-electron chi connectivity index (χ3n) is 7.67. The zero-order valence-corrected chi connectivity index (χ0v) is 20.5. The summed E-state index contributed by atoms with van der Waals surface area (Å²) >= 11 is 0. The van der Waals surface area contributed by atoms with E-state index in [1.54, 1.807) is 4.57 Å². The number of fused-ring (bicyclic) bond motifs is 1. The van der Waals surface area contributed by atoms with Crippen molar-refractivity contribution in [2.24, 2.45) is 11.1 Å².